The third-order valence-electron chi connectivity index (χ3n) is 7.11. The first-order chi connectivity index (χ1) is 15.3. The van der Waals surface area contributed by atoms with E-state index in [4.69, 9.17) is 4.74 Å². The van der Waals surface area contributed by atoms with Gasteiger partial charge in [-0.2, -0.15) is 5.26 Å². The van der Waals surface area contributed by atoms with Crippen molar-refractivity contribution in [1.29, 1.82) is 5.26 Å². The number of ether oxygens (including phenoxy) is 1. The fourth-order valence-electron chi connectivity index (χ4n) is 5.00. The third kappa shape index (κ3) is 5.00. The molecule has 0 aromatic carbocycles. The van der Waals surface area contributed by atoms with Gasteiger partial charge in [-0.25, -0.2) is 0 Å². The lowest BCUT2D eigenvalue weighted by Crippen LogP contribution is -2.52. The summed E-state index contributed by atoms with van der Waals surface area (Å²) in [5.41, 5.74) is 2.03. The van der Waals surface area contributed by atoms with Crippen LogP contribution in [0.15, 0.2) is 0 Å². The van der Waals surface area contributed by atoms with E-state index in [-0.39, 0.29) is 29.9 Å². The Hall–Kier alpha value is -1.95. The summed E-state index contributed by atoms with van der Waals surface area (Å²) in [6.07, 6.45) is 4.46. The highest BCUT2D eigenvalue weighted by Crippen LogP contribution is 2.43. The number of piperazine rings is 1. The van der Waals surface area contributed by atoms with Crippen LogP contribution in [0.25, 0.3) is 0 Å². The molecule has 1 aliphatic carbocycles. The molecule has 2 aliphatic heterocycles. The van der Waals surface area contributed by atoms with Crippen LogP contribution in [0.3, 0.4) is 0 Å². The highest BCUT2D eigenvalue weighted by Gasteiger charge is 2.33. The third-order valence-corrected chi connectivity index (χ3v) is 8.28. The van der Waals surface area contributed by atoms with E-state index in [2.05, 4.69) is 37.1 Å². The van der Waals surface area contributed by atoms with Gasteiger partial charge in [0.2, 0.25) is 5.91 Å². The van der Waals surface area contributed by atoms with Gasteiger partial charge in [-0.3, -0.25) is 14.5 Å². The SMILES string of the molecule is CC(C)(C)C1CCc2c(sc(NC(=O)CN3CCN(C(=O)C4CCCO4)CC3)c2C#N)C1. The van der Waals surface area contributed by atoms with Crippen LogP contribution in [0.5, 0.6) is 0 Å². The Morgan fingerprint density at radius 2 is 1.97 bits per heavy atom. The highest BCUT2D eigenvalue weighted by atomic mass is 32.1. The van der Waals surface area contributed by atoms with Crippen molar-refractivity contribution >= 4 is 28.2 Å². The number of hydrogen-bond donors (Lipinski definition) is 1. The molecule has 0 radical (unpaired) electrons. The lowest BCUT2D eigenvalue weighted by Gasteiger charge is -2.35. The fourth-order valence-corrected chi connectivity index (χ4v) is 6.30. The summed E-state index contributed by atoms with van der Waals surface area (Å²) >= 11 is 1.58. The largest absolute Gasteiger partial charge is 0.368 e. The number of carbonyl (C=O) groups excluding carboxylic acids is 2. The Balaban J connectivity index is 1.32. The van der Waals surface area contributed by atoms with Crippen LogP contribution < -0.4 is 5.32 Å². The number of nitrogens with one attached hydrogen (secondary N) is 1. The molecule has 174 valence electrons. The van der Waals surface area contributed by atoms with Gasteiger partial charge in [-0.05, 0) is 49.0 Å². The Morgan fingerprint density at radius 1 is 1.22 bits per heavy atom. The van der Waals surface area contributed by atoms with Crippen LogP contribution in [-0.4, -0.2) is 67.0 Å². The van der Waals surface area contributed by atoms with Crippen molar-refractivity contribution in [3.05, 3.63) is 16.0 Å². The van der Waals surface area contributed by atoms with E-state index in [1.807, 2.05) is 4.90 Å². The number of nitrogens with zero attached hydrogens (tertiary/aromatic N) is 3. The molecule has 1 aromatic heterocycles. The molecule has 2 unspecified atom stereocenters. The number of thiophene rings is 1. The standard InChI is InChI=1S/C24H34N4O3S/c1-24(2,3)16-6-7-17-18(14-25)22(32-20(17)13-16)26-21(29)15-27-8-10-28(11-9-27)23(30)19-5-4-12-31-19/h16,19H,4-13,15H2,1-3H3,(H,26,29). The van der Waals surface area contributed by atoms with Gasteiger partial charge in [0.25, 0.3) is 5.91 Å². The molecule has 8 heteroatoms. The maximum Gasteiger partial charge on any atom is 0.251 e. The van der Waals surface area contributed by atoms with Gasteiger partial charge >= 0.3 is 0 Å². The molecule has 7 nitrogen and oxygen atoms in total. The van der Waals surface area contributed by atoms with E-state index in [1.54, 1.807) is 11.3 Å². The van der Waals surface area contributed by atoms with Gasteiger partial charge in [-0.15, -0.1) is 11.3 Å². The monoisotopic (exact) mass is 458 g/mol. The Bertz CT molecular complexity index is 900. The van der Waals surface area contributed by atoms with Gasteiger partial charge in [0.05, 0.1) is 12.1 Å². The van der Waals surface area contributed by atoms with Gasteiger partial charge in [0, 0.05) is 37.7 Å². The summed E-state index contributed by atoms with van der Waals surface area (Å²) in [4.78, 5) is 30.4. The maximum absolute atomic E-state index is 12.8. The smallest absolute Gasteiger partial charge is 0.251 e. The first-order valence-electron chi connectivity index (χ1n) is 11.7. The average Bonchev–Trinajstić information content (AvgIpc) is 3.40. The van der Waals surface area contributed by atoms with Crippen molar-refractivity contribution in [1.82, 2.24) is 9.80 Å². The second kappa shape index (κ2) is 9.50. The minimum Gasteiger partial charge on any atom is -0.368 e. The van der Waals surface area contributed by atoms with Gasteiger partial charge in [0.1, 0.15) is 17.2 Å². The molecule has 2 fully saturated rings. The molecule has 2 atom stereocenters. The predicted octanol–water partition coefficient (Wildman–Crippen LogP) is 3.03. The van der Waals surface area contributed by atoms with E-state index >= 15 is 0 Å². The lowest BCUT2D eigenvalue weighted by atomic mass is 9.72. The average molecular weight is 459 g/mol. The van der Waals surface area contributed by atoms with Crippen LogP contribution in [0.4, 0.5) is 5.00 Å². The zero-order chi connectivity index (χ0) is 22.9. The van der Waals surface area contributed by atoms with E-state index < -0.39 is 0 Å². The molecule has 0 bridgehead atoms. The second-order valence-corrected chi connectivity index (χ2v) is 11.4. The highest BCUT2D eigenvalue weighted by molar-refractivity contribution is 7.16. The molecule has 2 saturated heterocycles. The number of fused-ring (bicyclic) bond motifs is 1. The molecule has 32 heavy (non-hydrogen) atoms. The number of rotatable bonds is 4. The summed E-state index contributed by atoms with van der Waals surface area (Å²) < 4.78 is 5.51. The molecule has 2 amide bonds. The molecule has 3 heterocycles. The summed E-state index contributed by atoms with van der Waals surface area (Å²) in [5.74, 6) is 0.590. The van der Waals surface area contributed by atoms with Crippen LogP contribution in [0.1, 0.15) is 56.0 Å². The molecule has 4 rings (SSSR count). The minimum atomic E-state index is -0.281. The quantitative estimate of drug-likeness (QED) is 0.750. The summed E-state index contributed by atoms with van der Waals surface area (Å²) in [7, 11) is 0. The van der Waals surface area contributed by atoms with Gasteiger partial charge in [0.15, 0.2) is 0 Å². The van der Waals surface area contributed by atoms with Crippen molar-refractivity contribution in [3.8, 4) is 6.07 Å². The van der Waals surface area contributed by atoms with Crippen LogP contribution >= 0.6 is 11.3 Å². The van der Waals surface area contributed by atoms with Gasteiger partial charge in [-0.1, -0.05) is 20.8 Å². The van der Waals surface area contributed by atoms with Crippen molar-refractivity contribution in [2.24, 2.45) is 11.3 Å². The first kappa shape index (κ1) is 23.2. The Morgan fingerprint density at radius 3 is 2.59 bits per heavy atom. The van der Waals surface area contributed by atoms with Crippen molar-refractivity contribution in [2.45, 2.75) is 59.0 Å². The minimum absolute atomic E-state index is 0.0861. The zero-order valence-electron chi connectivity index (χ0n) is 19.4. The van der Waals surface area contributed by atoms with E-state index in [9.17, 15) is 14.9 Å². The number of nitriles is 1. The summed E-state index contributed by atoms with van der Waals surface area (Å²) in [5, 5.41) is 13.5. The number of hydrogen-bond acceptors (Lipinski definition) is 6. The molecule has 3 aliphatic rings. The molecule has 1 N–H and O–H groups in total. The van der Waals surface area contributed by atoms with E-state index in [0.717, 1.165) is 37.7 Å². The van der Waals surface area contributed by atoms with E-state index in [0.29, 0.717) is 49.3 Å². The number of amides is 2. The molecular weight excluding hydrogens is 424 g/mol. The first-order valence-corrected chi connectivity index (χ1v) is 12.5. The fraction of sp³-hybridized carbons (Fsp3) is 0.708. The normalized spacial score (nSPS) is 24.1. The molecule has 1 aromatic rings. The van der Waals surface area contributed by atoms with Crippen molar-refractivity contribution in [3.63, 3.8) is 0 Å². The molecular formula is C24H34N4O3S. The zero-order valence-corrected chi connectivity index (χ0v) is 20.2. The second-order valence-electron chi connectivity index (χ2n) is 10.3. The van der Waals surface area contributed by atoms with Crippen LogP contribution in [0, 0.1) is 22.7 Å². The molecule has 0 saturated carbocycles. The van der Waals surface area contributed by atoms with Crippen molar-refractivity contribution in [2.75, 3.05) is 44.6 Å². The summed E-state index contributed by atoms with van der Waals surface area (Å²) in [6, 6.07) is 2.34. The number of anilines is 1. The topological polar surface area (TPSA) is 85.7 Å². The van der Waals surface area contributed by atoms with Gasteiger partial charge < -0.3 is 15.0 Å². The van der Waals surface area contributed by atoms with Crippen LogP contribution in [0.2, 0.25) is 0 Å². The summed E-state index contributed by atoms with van der Waals surface area (Å²) in [6.45, 7) is 10.4. The lowest BCUT2D eigenvalue weighted by molar-refractivity contribution is -0.142. The van der Waals surface area contributed by atoms with Crippen LogP contribution in [-0.2, 0) is 27.2 Å². The van der Waals surface area contributed by atoms with Crippen molar-refractivity contribution < 1.29 is 14.3 Å². The Labute approximate surface area is 194 Å². The Kier molecular flexibility index (Phi) is 6.89. The number of carbonyl (C=O) groups is 2. The molecule has 0 spiro atoms. The predicted molar refractivity (Wildman–Crippen MR) is 125 cm³/mol. The van der Waals surface area contributed by atoms with E-state index in [1.165, 1.54) is 4.88 Å². The maximum atomic E-state index is 12.8.